The summed E-state index contributed by atoms with van der Waals surface area (Å²) in [5.74, 6) is 1.04. The molecule has 3 rings (SSSR count). The van der Waals surface area contributed by atoms with Crippen molar-refractivity contribution in [2.45, 2.75) is 52.4 Å². The molecule has 2 heterocycles. The fourth-order valence-electron chi connectivity index (χ4n) is 3.45. The minimum Gasteiger partial charge on any atom is -0.492 e. The Morgan fingerprint density at radius 1 is 1.18 bits per heavy atom. The molecule has 0 aliphatic heterocycles. The van der Waals surface area contributed by atoms with Crippen molar-refractivity contribution in [1.82, 2.24) is 19.9 Å². The van der Waals surface area contributed by atoms with E-state index in [0.717, 1.165) is 35.2 Å². The number of pyridine rings is 1. The maximum Gasteiger partial charge on any atom is 0.265 e. The lowest BCUT2D eigenvalue weighted by molar-refractivity contribution is -0.116. The molecule has 2 aromatic heterocycles. The molecule has 0 radical (unpaired) electrons. The summed E-state index contributed by atoms with van der Waals surface area (Å²) in [5.41, 5.74) is 2.72. The molecule has 1 amide bonds. The first-order valence-electron chi connectivity index (χ1n) is 11.4. The van der Waals surface area contributed by atoms with Crippen LogP contribution in [0, 0.1) is 0 Å². The van der Waals surface area contributed by atoms with Crippen LogP contribution in [0.3, 0.4) is 0 Å². The molecule has 0 aliphatic rings. The Labute approximate surface area is 194 Å². The van der Waals surface area contributed by atoms with Crippen LogP contribution in [0.2, 0.25) is 0 Å². The molecule has 0 fully saturated rings. The zero-order valence-electron chi connectivity index (χ0n) is 19.7. The highest BCUT2D eigenvalue weighted by molar-refractivity contribution is 5.90. The van der Waals surface area contributed by atoms with Crippen LogP contribution in [0.5, 0.6) is 5.75 Å². The monoisotopic (exact) mass is 448 g/mol. The zero-order chi connectivity index (χ0) is 23.8. The molecule has 0 saturated carbocycles. The van der Waals surface area contributed by atoms with Crippen molar-refractivity contribution in [1.29, 1.82) is 0 Å². The smallest absolute Gasteiger partial charge is 0.265 e. The van der Waals surface area contributed by atoms with Crippen molar-refractivity contribution in [2.24, 2.45) is 0 Å². The number of rotatable bonds is 10. The van der Waals surface area contributed by atoms with E-state index in [2.05, 4.69) is 49.0 Å². The van der Waals surface area contributed by atoms with Crippen LogP contribution < -0.4 is 15.6 Å². The molecule has 7 heteroatoms. The van der Waals surface area contributed by atoms with Gasteiger partial charge in [-0.25, -0.2) is 4.98 Å². The molecule has 0 unspecified atom stereocenters. The Morgan fingerprint density at radius 2 is 2.00 bits per heavy atom. The lowest BCUT2D eigenvalue weighted by Gasteiger charge is -2.14. The van der Waals surface area contributed by atoms with Gasteiger partial charge in [-0.15, -0.1) is 0 Å². The van der Waals surface area contributed by atoms with E-state index < -0.39 is 0 Å². The van der Waals surface area contributed by atoms with Gasteiger partial charge in [0, 0.05) is 25.0 Å². The highest BCUT2D eigenvalue weighted by atomic mass is 16.5. The van der Waals surface area contributed by atoms with Crippen molar-refractivity contribution in [3.63, 3.8) is 0 Å². The van der Waals surface area contributed by atoms with Gasteiger partial charge in [-0.05, 0) is 54.0 Å². The topological polar surface area (TPSA) is 86.1 Å². The third-order valence-electron chi connectivity index (χ3n) is 5.39. The number of carbonyl (C=O) groups excluding carboxylic acids is 1. The molecule has 33 heavy (non-hydrogen) atoms. The van der Waals surface area contributed by atoms with Crippen molar-refractivity contribution >= 4 is 23.0 Å². The second-order valence-electron chi connectivity index (χ2n) is 8.62. The molecule has 1 N–H and O–H groups in total. The maximum absolute atomic E-state index is 13.1. The second-order valence-corrected chi connectivity index (χ2v) is 8.62. The van der Waals surface area contributed by atoms with Gasteiger partial charge < -0.3 is 10.1 Å². The van der Waals surface area contributed by atoms with E-state index in [4.69, 9.17) is 4.74 Å². The van der Waals surface area contributed by atoms with Crippen LogP contribution in [-0.2, 0) is 4.79 Å². The minimum atomic E-state index is -0.256. The summed E-state index contributed by atoms with van der Waals surface area (Å²) in [5, 5.41) is 3.40. The SMILES string of the molecule is CC(C)c1cc(C(C)C)c2ncn(/C=C/C(=O)NCCCCOc3cccnc3)c(=O)c2c1. The largest absolute Gasteiger partial charge is 0.492 e. The van der Waals surface area contributed by atoms with Crippen molar-refractivity contribution in [3.8, 4) is 5.75 Å². The summed E-state index contributed by atoms with van der Waals surface area (Å²) in [4.78, 5) is 33.7. The number of carbonyl (C=O) groups is 1. The molecule has 7 nitrogen and oxygen atoms in total. The Balaban J connectivity index is 1.59. The second kappa shape index (κ2) is 11.4. The third kappa shape index (κ3) is 6.51. The molecule has 0 spiro atoms. The summed E-state index contributed by atoms with van der Waals surface area (Å²) in [7, 11) is 0. The molecular formula is C26H32N4O3. The summed E-state index contributed by atoms with van der Waals surface area (Å²) in [6.45, 7) is 9.50. The summed E-state index contributed by atoms with van der Waals surface area (Å²) >= 11 is 0. The number of unbranched alkanes of at least 4 members (excludes halogenated alkanes) is 1. The lowest BCUT2D eigenvalue weighted by atomic mass is 9.93. The van der Waals surface area contributed by atoms with Crippen molar-refractivity contribution in [2.75, 3.05) is 13.2 Å². The van der Waals surface area contributed by atoms with E-state index in [1.54, 1.807) is 12.4 Å². The van der Waals surface area contributed by atoms with E-state index in [0.29, 0.717) is 24.5 Å². The quantitative estimate of drug-likeness (QED) is 0.365. The molecule has 0 saturated heterocycles. The Hall–Kier alpha value is -3.48. The standard InChI is InChI=1S/C26H32N4O3/c1-18(2)20-14-22(19(3)4)25-23(15-20)26(32)30(17-29-25)12-9-24(31)28-11-5-6-13-33-21-8-7-10-27-16-21/h7-10,12,14-19H,5-6,11,13H2,1-4H3,(H,28,31)/b12-9+. The molecule has 0 aliphatic carbocycles. The fourth-order valence-corrected chi connectivity index (χ4v) is 3.45. The zero-order valence-corrected chi connectivity index (χ0v) is 19.7. The number of hydrogen-bond donors (Lipinski definition) is 1. The van der Waals surface area contributed by atoms with Crippen molar-refractivity contribution < 1.29 is 9.53 Å². The van der Waals surface area contributed by atoms with Gasteiger partial charge in [-0.1, -0.05) is 33.8 Å². The van der Waals surface area contributed by atoms with E-state index in [1.165, 1.54) is 23.2 Å². The number of hydrogen-bond acceptors (Lipinski definition) is 5. The van der Waals surface area contributed by atoms with Crippen molar-refractivity contribution in [3.05, 3.63) is 70.5 Å². The molecule has 0 bridgehead atoms. The summed E-state index contributed by atoms with van der Waals surface area (Å²) < 4.78 is 6.94. The van der Waals surface area contributed by atoms with Crippen LogP contribution in [0.15, 0.2) is 53.9 Å². The van der Waals surface area contributed by atoms with Gasteiger partial charge in [0.1, 0.15) is 12.1 Å². The number of amides is 1. The first-order valence-corrected chi connectivity index (χ1v) is 11.4. The van der Waals surface area contributed by atoms with E-state index in [1.807, 2.05) is 18.2 Å². The number of nitrogens with one attached hydrogen (secondary N) is 1. The first kappa shape index (κ1) is 24.2. The van der Waals surface area contributed by atoms with Gasteiger partial charge in [0.2, 0.25) is 5.91 Å². The highest BCUT2D eigenvalue weighted by Crippen LogP contribution is 2.27. The van der Waals surface area contributed by atoms with E-state index in [-0.39, 0.29) is 17.4 Å². The number of benzene rings is 1. The van der Waals surface area contributed by atoms with E-state index in [9.17, 15) is 9.59 Å². The van der Waals surface area contributed by atoms with Crippen LogP contribution in [0.1, 0.15) is 63.5 Å². The van der Waals surface area contributed by atoms with Crippen LogP contribution >= 0.6 is 0 Å². The van der Waals surface area contributed by atoms with Gasteiger partial charge in [-0.2, -0.15) is 0 Å². The highest BCUT2D eigenvalue weighted by Gasteiger charge is 2.14. The average Bonchev–Trinajstić information content (AvgIpc) is 2.80. The Bertz CT molecular complexity index is 1170. The molecular weight excluding hydrogens is 416 g/mol. The molecule has 0 atom stereocenters. The number of ether oxygens (including phenoxy) is 1. The normalized spacial score (nSPS) is 11.6. The predicted molar refractivity (Wildman–Crippen MR) is 131 cm³/mol. The van der Waals surface area contributed by atoms with Gasteiger partial charge in [0.05, 0.1) is 23.7 Å². The van der Waals surface area contributed by atoms with Crippen LogP contribution in [0.25, 0.3) is 17.1 Å². The van der Waals surface area contributed by atoms with Gasteiger partial charge in [0.15, 0.2) is 0 Å². The predicted octanol–water partition coefficient (Wildman–Crippen LogP) is 4.48. The Morgan fingerprint density at radius 3 is 2.70 bits per heavy atom. The van der Waals surface area contributed by atoms with Gasteiger partial charge >= 0.3 is 0 Å². The molecule has 3 aromatic rings. The lowest BCUT2D eigenvalue weighted by Crippen LogP contribution is -2.23. The first-order chi connectivity index (χ1) is 15.9. The van der Waals surface area contributed by atoms with Crippen LogP contribution in [0.4, 0.5) is 0 Å². The van der Waals surface area contributed by atoms with Gasteiger partial charge in [0.25, 0.3) is 5.56 Å². The number of aromatic nitrogens is 3. The summed E-state index contributed by atoms with van der Waals surface area (Å²) in [6.07, 6.45) is 9.26. The fraction of sp³-hybridized carbons (Fsp3) is 0.385. The number of fused-ring (bicyclic) bond motifs is 1. The summed E-state index contributed by atoms with van der Waals surface area (Å²) in [6, 6.07) is 7.74. The third-order valence-corrected chi connectivity index (χ3v) is 5.39. The minimum absolute atomic E-state index is 0.180. The Kier molecular flexibility index (Phi) is 8.35. The molecule has 1 aromatic carbocycles. The van der Waals surface area contributed by atoms with E-state index >= 15 is 0 Å². The van der Waals surface area contributed by atoms with Gasteiger partial charge in [-0.3, -0.25) is 19.1 Å². The molecule has 174 valence electrons. The number of nitrogens with zero attached hydrogens (tertiary/aromatic N) is 3. The van der Waals surface area contributed by atoms with Crippen LogP contribution in [-0.4, -0.2) is 33.6 Å². The maximum atomic E-state index is 13.1. The average molecular weight is 449 g/mol.